The van der Waals surface area contributed by atoms with Gasteiger partial charge in [-0.1, -0.05) is 20.8 Å². The molecular formula is C10H20O2. The summed E-state index contributed by atoms with van der Waals surface area (Å²) in [5.41, 5.74) is 0. The van der Waals surface area contributed by atoms with E-state index in [9.17, 15) is 4.79 Å². The van der Waals surface area contributed by atoms with Gasteiger partial charge in [0, 0.05) is 6.42 Å². The summed E-state index contributed by atoms with van der Waals surface area (Å²) in [6.07, 6.45) is 1.74. The van der Waals surface area contributed by atoms with Gasteiger partial charge in [-0.3, -0.25) is 4.79 Å². The Morgan fingerprint density at radius 3 is 2.33 bits per heavy atom. The van der Waals surface area contributed by atoms with Crippen molar-refractivity contribution < 1.29 is 9.53 Å². The van der Waals surface area contributed by atoms with Crippen molar-refractivity contribution in [1.82, 2.24) is 0 Å². The lowest BCUT2D eigenvalue weighted by molar-refractivity contribution is -0.126. The number of ether oxygens (including phenoxy) is 1. The molecular weight excluding hydrogens is 152 g/mol. The molecule has 0 fully saturated rings. The molecule has 0 heterocycles. The number of Topliss-reactive ketones (excluding diaryl/α,β-unsaturated/α-hetero) is 1. The molecule has 0 aromatic carbocycles. The van der Waals surface area contributed by atoms with Gasteiger partial charge in [-0.25, -0.2) is 0 Å². The standard InChI is InChI=1S/C10H20O2/c1-5-6-10(11)7-12-9(4)8(2)3/h8-9H,5-7H2,1-4H3. The van der Waals surface area contributed by atoms with E-state index < -0.39 is 0 Å². The van der Waals surface area contributed by atoms with Crippen molar-refractivity contribution in [3.8, 4) is 0 Å². The Morgan fingerprint density at radius 1 is 1.33 bits per heavy atom. The first kappa shape index (κ1) is 11.6. The van der Waals surface area contributed by atoms with E-state index in [0.29, 0.717) is 12.3 Å². The third kappa shape index (κ3) is 5.30. The highest BCUT2D eigenvalue weighted by molar-refractivity contribution is 5.79. The first-order valence-corrected chi connectivity index (χ1v) is 4.71. The fourth-order valence-electron chi connectivity index (χ4n) is 0.768. The van der Waals surface area contributed by atoms with Crippen LogP contribution in [0.1, 0.15) is 40.5 Å². The zero-order valence-corrected chi connectivity index (χ0v) is 8.59. The van der Waals surface area contributed by atoms with Gasteiger partial charge in [-0.2, -0.15) is 0 Å². The van der Waals surface area contributed by atoms with Crippen LogP contribution in [-0.4, -0.2) is 18.5 Å². The lowest BCUT2D eigenvalue weighted by atomic mass is 10.1. The number of hydrogen-bond acceptors (Lipinski definition) is 2. The molecule has 0 bridgehead atoms. The summed E-state index contributed by atoms with van der Waals surface area (Å²) in [6.45, 7) is 8.48. The van der Waals surface area contributed by atoms with Crippen molar-refractivity contribution >= 4 is 5.78 Å². The Labute approximate surface area is 75.3 Å². The third-order valence-corrected chi connectivity index (χ3v) is 1.97. The number of ketones is 1. The predicted molar refractivity (Wildman–Crippen MR) is 50.2 cm³/mol. The second-order valence-corrected chi connectivity index (χ2v) is 3.55. The van der Waals surface area contributed by atoms with Crippen LogP contribution in [0.25, 0.3) is 0 Å². The summed E-state index contributed by atoms with van der Waals surface area (Å²) in [4.78, 5) is 11.0. The molecule has 0 N–H and O–H groups in total. The highest BCUT2D eigenvalue weighted by Gasteiger charge is 2.09. The van der Waals surface area contributed by atoms with Gasteiger partial charge in [0.2, 0.25) is 0 Å². The minimum absolute atomic E-state index is 0.186. The van der Waals surface area contributed by atoms with Crippen molar-refractivity contribution in [2.75, 3.05) is 6.61 Å². The number of rotatable bonds is 6. The average Bonchev–Trinajstić information content (AvgIpc) is 2.00. The Bertz CT molecular complexity index is 130. The normalized spacial score (nSPS) is 13.4. The minimum Gasteiger partial charge on any atom is -0.370 e. The van der Waals surface area contributed by atoms with Crippen molar-refractivity contribution in [2.45, 2.75) is 46.6 Å². The third-order valence-electron chi connectivity index (χ3n) is 1.97. The Kier molecular flexibility index (Phi) is 5.99. The van der Waals surface area contributed by atoms with Crippen molar-refractivity contribution in [3.63, 3.8) is 0 Å². The minimum atomic E-state index is 0.186. The van der Waals surface area contributed by atoms with Crippen molar-refractivity contribution in [3.05, 3.63) is 0 Å². The maximum Gasteiger partial charge on any atom is 0.158 e. The SMILES string of the molecule is CCCC(=O)COC(C)C(C)C. The van der Waals surface area contributed by atoms with E-state index in [2.05, 4.69) is 13.8 Å². The highest BCUT2D eigenvalue weighted by Crippen LogP contribution is 2.05. The maximum absolute atomic E-state index is 11.0. The van der Waals surface area contributed by atoms with E-state index in [4.69, 9.17) is 4.74 Å². The summed E-state index contributed by atoms with van der Waals surface area (Å²) >= 11 is 0. The van der Waals surface area contributed by atoms with Crippen molar-refractivity contribution in [1.29, 1.82) is 0 Å². The zero-order chi connectivity index (χ0) is 9.56. The Balaban J connectivity index is 3.47. The number of hydrogen-bond donors (Lipinski definition) is 0. The van der Waals surface area contributed by atoms with Crippen LogP contribution in [0.2, 0.25) is 0 Å². The first-order valence-electron chi connectivity index (χ1n) is 4.71. The van der Waals surface area contributed by atoms with Gasteiger partial charge in [0.25, 0.3) is 0 Å². The van der Waals surface area contributed by atoms with Crippen LogP contribution in [0.5, 0.6) is 0 Å². The van der Waals surface area contributed by atoms with Gasteiger partial charge in [0.1, 0.15) is 6.61 Å². The van der Waals surface area contributed by atoms with Gasteiger partial charge in [0.15, 0.2) is 5.78 Å². The molecule has 0 aliphatic rings. The van der Waals surface area contributed by atoms with Gasteiger partial charge in [-0.05, 0) is 19.3 Å². The predicted octanol–water partition coefficient (Wildman–Crippen LogP) is 2.42. The molecule has 2 heteroatoms. The van der Waals surface area contributed by atoms with Crippen LogP contribution in [0, 0.1) is 5.92 Å². The van der Waals surface area contributed by atoms with Crippen LogP contribution < -0.4 is 0 Å². The van der Waals surface area contributed by atoms with E-state index in [1.165, 1.54) is 0 Å². The van der Waals surface area contributed by atoms with E-state index in [0.717, 1.165) is 6.42 Å². The van der Waals surface area contributed by atoms with Crippen LogP contribution in [0.4, 0.5) is 0 Å². The molecule has 2 nitrogen and oxygen atoms in total. The molecule has 0 aliphatic carbocycles. The second-order valence-electron chi connectivity index (χ2n) is 3.55. The molecule has 0 aromatic rings. The summed E-state index contributed by atoms with van der Waals surface area (Å²) in [6, 6.07) is 0. The quantitative estimate of drug-likeness (QED) is 0.615. The first-order chi connectivity index (χ1) is 5.57. The molecule has 72 valence electrons. The summed E-state index contributed by atoms with van der Waals surface area (Å²) < 4.78 is 5.37. The summed E-state index contributed by atoms with van der Waals surface area (Å²) in [5.74, 6) is 0.699. The molecule has 0 spiro atoms. The molecule has 0 saturated heterocycles. The van der Waals surface area contributed by atoms with Gasteiger partial charge < -0.3 is 4.74 Å². The van der Waals surface area contributed by atoms with Crippen LogP contribution in [0.15, 0.2) is 0 Å². The van der Waals surface area contributed by atoms with Crippen molar-refractivity contribution in [2.24, 2.45) is 5.92 Å². The van der Waals surface area contributed by atoms with Crippen LogP contribution in [-0.2, 0) is 9.53 Å². The van der Waals surface area contributed by atoms with E-state index in [1.807, 2.05) is 13.8 Å². The molecule has 0 saturated carbocycles. The molecule has 0 rings (SSSR count). The van der Waals surface area contributed by atoms with Crippen LogP contribution >= 0.6 is 0 Å². The van der Waals surface area contributed by atoms with Crippen LogP contribution in [0.3, 0.4) is 0 Å². The summed E-state index contributed by atoms with van der Waals surface area (Å²) in [7, 11) is 0. The van der Waals surface area contributed by atoms with E-state index in [1.54, 1.807) is 0 Å². The smallest absolute Gasteiger partial charge is 0.158 e. The molecule has 0 aromatic heterocycles. The lowest BCUT2D eigenvalue weighted by Gasteiger charge is -2.15. The topological polar surface area (TPSA) is 26.3 Å². The van der Waals surface area contributed by atoms with Gasteiger partial charge in [0.05, 0.1) is 6.10 Å². The number of carbonyl (C=O) groups excluding carboxylic acids is 1. The lowest BCUT2D eigenvalue weighted by Crippen LogP contribution is -2.20. The second kappa shape index (κ2) is 6.18. The Hall–Kier alpha value is -0.370. The van der Waals surface area contributed by atoms with E-state index >= 15 is 0 Å². The highest BCUT2D eigenvalue weighted by atomic mass is 16.5. The fraction of sp³-hybridized carbons (Fsp3) is 0.900. The molecule has 0 amide bonds. The number of carbonyl (C=O) groups is 1. The van der Waals surface area contributed by atoms with Gasteiger partial charge >= 0.3 is 0 Å². The molecule has 0 aliphatic heterocycles. The monoisotopic (exact) mass is 172 g/mol. The fourth-order valence-corrected chi connectivity index (χ4v) is 0.768. The molecule has 1 unspecified atom stereocenters. The average molecular weight is 172 g/mol. The Morgan fingerprint density at radius 2 is 1.92 bits per heavy atom. The van der Waals surface area contributed by atoms with E-state index in [-0.39, 0.29) is 18.5 Å². The van der Waals surface area contributed by atoms with Gasteiger partial charge in [-0.15, -0.1) is 0 Å². The summed E-state index contributed by atoms with van der Waals surface area (Å²) in [5, 5.41) is 0. The maximum atomic E-state index is 11.0. The molecule has 12 heavy (non-hydrogen) atoms. The molecule has 0 radical (unpaired) electrons. The largest absolute Gasteiger partial charge is 0.370 e. The molecule has 1 atom stereocenters. The zero-order valence-electron chi connectivity index (χ0n) is 8.59.